The van der Waals surface area contributed by atoms with Crippen LogP contribution < -0.4 is 0 Å². The molecule has 9 aromatic rings. The predicted octanol–water partition coefficient (Wildman–Crippen LogP) is 11.6. The molecular weight excluding hydrogens is 609 g/mol. The van der Waals surface area contributed by atoms with E-state index in [4.69, 9.17) is 19.9 Å². The second kappa shape index (κ2) is 12.7. The van der Waals surface area contributed by atoms with Crippen molar-refractivity contribution >= 4 is 21.7 Å². The third-order valence-electron chi connectivity index (χ3n) is 9.17. The lowest BCUT2D eigenvalue weighted by Gasteiger charge is -2.12. The van der Waals surface area contributed by atoms with Gasteiger partial charge in [0.05, 0.1) is 28.3 Å². The van der Waals surface area contributed by atoms with Crippen LogP contribution in [-0.4, -0.2) is 19.9 Å². The highest BCUT2D eigenvalue weighted by molar-refractivity contribution is 6.10. The van der Waals surface area contributed by atoms with E-state index in [1.165, 1.54) is 16.5 Å². The Balaban J connectivity index is 1.08. The molecular formula is C46H30N4. The van der Waals surface area contributed by atoms with Gasteiger partial charge >= 0.3 is 0 Å². The molecule has 4 nitrogen and oxygen atoms in total. The summed E-state index contributed by atoms with van der Waals surface area (Å²) in [6.45, 7) is 0. The van der Waals surface area contributed by atoms with Crippen LogP contribution in [-0.2, 0) is 0 Å². The lowest BCUT2D eigenvalue weighted by molar-refractivity contribution is 1.18. The van der Waals surface area contributed by atoms with Gasteiger partial charge in [-0.3, -0.25) is 4.98 Å². The van der Waals surface area contributed by atoms with Gasteiger partial charge < -0.3 is 0 Å². The van der Waals surface area contributed by atoms with Crippen LogP contribution in [0.4, 0.5) is 0 Å². The molecule has 234 valence electrons. The zero-order chi connectivity index (χ0) is 33.3. The minimum absolute atomic E-state index is 0.697. The highest BCUT2D eigenvalue weighted by Gasteiger charge is 2.14. The molecule has 0 bridgehead atoms. The summed E-state index contributed by atoms with van der Waals surface area (Å²) in [5, 5.41) is 3.41. The molecule has 3 aromatic heterocycles. The van der Waals surface area contributed by atoms with Crippen molar-refractivity contribution in [2.24, 2.45) is 0 Å². The Morgan fingerprint density at radius 3 is 1.46 bits per heavy atom. The summed E-state index contributed by atoms with van der Waals surface area (Å²) in [4.78, 5) is 19.9. The molecule has 0 N–H and O–H groups in total. The van der Waals surface area contributed by atoms with Crippen LogP contribution in [0.25, 0.3) is 89.2 Å². The number of para-hydroxylation sites is 1. The average Bonchev–Trinajstić information content (AvgIpc) is 3.21. The zero-order valence-electron chi connectivity index (χ0n) is 27.1. The molecule has 0 fully saturated rings. The van der Waals surface area contributed by atoms with Gasteiger partial charge in [-0.15, -0.1) is 0 Å². The van der Waals surface area contributed by atoms with E-state index in [1.54, 1.807) is 0 Å². The maximum Gasteiger partial charge on any atom is 0.160 e. The Bertz CT molecular complexity index is 2620. The van der Waals surface area contributed by atoms with Gasteiger partial charge in [-0.05, 0) is 51.9 Å². The Hall–Kier alpha value is -6.78. The Morgan fingerprint density at radius 1 is 0.300 bits per heavy atom. The fraction of sp³-hybridized carbons (Fsp3) is 0. The normalized spacial score (nSPS) is 11.2. The van der Waals surface area contributed by atoms with E-state index in [0.717, 1.165) is 66.9 Å². The van der Waals surface area contributed by atoms with E-state index in [0.29, 0.717) is 5.82 Å². The molecule has 0 aliphatic carbocycles. The minimum Gasteiger partial charge on any atom is -0.255 e. The van der Waals surface area contributed by atoms with Crippen molar-refractivity contribution in [2.45, 2.75) is 0 Å². The number of benzene rings is 6. The number of aromatic nitrogens is 4. The van der Waals surface area contributed by atoms with Crippen LogP contribution in [0.15, 0.2) is 182 Å². The first-order valence-electron chi connectivity index (χ1n) is 16.7. The van der Waals surface area contributed by atoms with E-state index in [-0.39, 0.29) is 0 Å². The Labute approximate surface area is 290 Å². The van der Waals surface area contributed by atoms with Crippen molar-refractivity contribution < 1.29 is 0 Å². The maximum absolute atomic E-state index is 5.07. The van der Waals surface area contributed by atoms with Crippen molar-refractivity contribution in [3.63, 3.8) is 0 Å². The molecule has 50 heavy (non-hydrogen) atoms. The van der Waals surface area contributed by atoms with Crippen LogP contribution in [0.3, 0.4) is 0 Å². The molecule has 0 saturated heterocycles. The van der Waals surface area contributed by atoms with Gasteiger partial charge in [0.15, 0.2) is 5.82 Å². The van der Waals surface area contributed by atoms with Gasteiger partial charge in [-0.25, -0.2) is 15.0 Å². The van der Waals surface area contributed by atoms with Gasteiger partial charge in [0.25, 0.3) is 0 Å². The molecule has 0 aliphatic rings. The van der Waals surface area contributed by atoms with Gasteiger partial charge in [0.1, 0.15) is 0 Å². The molecule has 3 heterocycles. The van der Waals surface area contributed by atoms with Gasteiger partial charge in [-0.1, -0.05) is 152 Å². The summed E-state index contributed by atoms with van der Waals surface area (Å²) < 4.78 is 0. The lowest BCUT2D eigenvalue weighted by Crippen LogP contribution is -1.96. The Morgan fingerprint density at radius 2 is 0.800 bits per heavy atom. The lowest BCUT2D eigenvalue weighted by atomic mass is 9.99. The minimum atomic E-state index is 0.697. The molecule has 0 saturated carbocycles. The molecule has 0 unspecified atom stereocenters. The summed E-state index contributed by atoms with van der Waals surface area (Å²) in [6.07, 6.45) is 1.87. The zero-order valence-corrected chi connectivity index (χ0v) is 27.1. The van der Waals surface area contributed by atoms with E-state index in [2.05, 4.69) is 146 Å². The number of rotatable bonds is 6. The first kappa shape index (κ1) is 29.4. The van der Waals surface area contributed by atoms with Gasteiger partial charge in [0.2, 0.25) is 0 Å². The highest BCUT2D eigenvalue weighted by atomic mass is 14.9. The Kier molecular flexibility index (Phi) is 7.45. The van der Waals surface area contributed by atoms with Crippen LogP contribution in [0, 0.1) is 0 Å². The standard InChI is InChI=1S/C46H30N4/c1-3-11-31(12-4-1)32-19-23-34(24-20-32)42-30-43(50-46(49-42)36-13-5-2-6-14-36)35-25-21-33(22-26-35)37-27-28-47-44(29-37)45-40-17-8-7-15-38(40)39-16-9-10-18-41(39)48-45/h1-30H. The van der Waals surface area contributed by atoms with Crippen LogP contribution in [0.2, 0.25) is 0 Å². The van der Waals surface area contributed by atoms with E-state index in [9.17, 15) is 0 Å². The molecule has 9 rings (SSSR count). The predicted molar refractivity (Wildman–Crippen MR) is 205 cm³/mol. The molecule has 0 spiro atoms. The first-order chi connectivity index (χ1) is 24.8. The summed E-state index contributed by atoms with van der Waals surface area (Å²) in [6, 6.07) is 60.7. The third kappa shape index (κ3) is 5.59. The summed E-state index contributed by atoms with van der Waals surface area (Å²) in [5.74, 6) is 0.697. The number of fused-ring (bicyclic) bond motifs is 3. The van der Waals surface area contributed by atoms with Crippen LogP contribution in [0.1, 0.15) is 0 Å². The molecule has 0 atom stereocenters. The summed E-state index contributed by atoms with van der Waals surface area (Å²) in [7, 11) is 0. The number of pyridine rings is 2. The molecule has 0 aliphatic heterocycles. The van der Waals surface area contributed by atoms with Gasteiger partial charge in [0, 0.05) is 33.7 Å². The fourth-order valence-electron chi connectivity index (χ4n) is 6.60. The van der Waals surface area contributed by atoms with E-state index >= 15 is 0 Å². The maximum atomic E-state index is 5.07. The van der Waals surface area contributed by atoms with Crippen molar-refractivity contribution in [1.82, 2.24) is 19.9 Å². The SMILES string of the molecule is c1ccc(-c2ccc(-c3cc(-c4ccc(-c5ccnc(-c6nc7ccccc7c7ccccc67)c5)cc4)nc(-c4ccccc4)n3)cc2)cc1. The van der Waals surface area contributed by atoms with E-state index in [1.807, 2.05) is 36.5 Å². The highest BCUT2D eigenvalue weighted by Crippen LogP contribution is 2.34. The molecule has 4 heteroatoms. The van der Waals surface area contributed by atoms with Crippen molar-refractivity contribution in [1.29, 1.82) is 0 Å². The number of hydrogen-bond acceptors (Lipinski definition) is 4. The second-order valence-corrected chi connectivity index (χ2v) is 12.3. The third-order valence-corrected chi connectivity index (χ3v) is 9.17. The van der Waals surface area contributed by atoms with Crippen LogP contribution in [0.5, 0.6) is 0 Å². The van der Waals surface area contributed by atoms with Crippen LogP contribution >= 0.6 is 0 Å². The smallest absolute Gasteiger partial charge is 0.160 e. The first-order valence-corrected chi connectivity index (χ1v) is 16.7. The van der Waals surface area contributed by atoms with Crippen molar-refractivity contribution in [3.05, 3.63) is 182 Å². The number of nitrogens with zero attached hydrogens (tertiary/aromatic N) is 4. The molecule has 0 radical (unpaired) electrons. The van der Waals surface area contributed by atoms with Crippen molar-refractivity contribution in [2.75, 3.05) is 0 Å². The van der Waals surface area contributed by atoms with Crippen molar-refractivity contribution in [3.8, 4) is 67.5 Å². The monoisotopic (exact) mass is 638 g/mol. The van der Waals surface area contributed by atoms with E-state index < -0.39 is 0 Å². The average molecular weight is 639 g/mol. The fourth-order valence-corrected chi connectivity index (χ4v) is 6.60. The second-order valence-electron chi connectivity index (χ2n) is 12.3. The topological polar surface area (TPSA) is 51.6 Å². The number of hydrogen-bond donors (Lipinski definition) is 0. The molecule has 0 amide bonds. The largest absolute Gasteiger partial charge is 0.255 e. The quantitative estimate of drug-likeness (QED) is 0.170. The van der Waals surface area contributed by atoms with Gasteiger partial charge in [-0.2, -0.15) is 0 Å². The summed E-state index contributed by atoms with van der Waals surface area (Å²) in [5.41, 5.74) is 12.0. The summed E-state index contributed by atoms with van der Waals surface area (Å²) >= 11 is 0. The molecule has 6 aromatic carbocycles.